The molecule has 2 nitrogen and oxygen atoms in total. The van der Waals surface area contributed by atoms with E-state index in [-0.39, 0.29) is 5.91 Å². The largest absolute Gasteiger partial charge is 0.353 e. The number of nitrogens with one attached hydrogen (secondary N) is 1. The third-order valence-corrected chi connectivity index (χ3v) is 4.87. The van der Waals surface area contributed by atoms with E-state index in [4.69, 9.17) is 0 Å². The predicted octanol–water partition coefficient (Wildman–Crippen LogP) is 4.04. The lowest BCUT2D eigenvalue weighted by molar-refractivity contribution is -0.122. The number of carbonyl (C=O) groups excluding carboxylic acids is 1. The van der Waals surface area contributed by atoms with Crippen LogP contribution in [0.1, 0.15) is 77.6 Å². The summed E-state index contributed by atoms with van der Waals surface area (Å²) in [7, 11) is 0. The highest BCUT2D eigenvalue weighted by molar-refractivity contribution is 5.76. The lowest BCUT2D eigenvalue weighted by Crippen LogP contribution is -2.37. The van der Waals surface area contributed by atoms with E-state index in [1.54, 1.807) is 0 Å². The summed E-state index contributed by atoms with van der Waals surface area (Å²) in [6, 6.07) is 0.472. The van der Waals surface area contributed by atoms with Gasteiger partial charge in [0.05, 0.1) is 0 Å². The van der Waals surface area contributed by atoms with Gasteiger partial charge in [0.1, 0.15) is 0 Å². The average Bonchev–Trinajstić information content (AvgIpc) is 2.51. The maximum absolute atomic E-state index is 11.8. The molecule has 2 fully saturated rings. The molecular weight excluding hydrogens is 222 g/mol. The van der Waals surface area contributed by atoms with Gasteiger partial charge in [-0.15, -0.1) is 0 Å². The topological polar surface area (TPSA) is 29.1 Å². The normalized spacial score (nSPS) is 32.4. The van der Waals surface area contributed by atoms with Crippen LogP contribution in [-0.4, -0.2) is 11.9 Å². The van der Waals surface area contributed by atoms with Crippen LogP contribution in [0.4, 0.5) is 0 Å². The Hall–Kier alpha value is -0.530. The first-order valence-corrected chi connectivity index (χ1v) is 8.07. The van der Waals surface area contributed by atoms with Gasteiger partial charge >= 0.3 is 0 Å². The molecule has 0 aromatic carbocycles. The van der Waals surface area contributed by atoms with E-state index < -0.39 is 0 Å². The third kappa shape index (κ3) is 4.29. The van der Waals surface area contributed by atoms with Crippen LogP contribution in [0.15, 0.2) is 0 Å². The van der Waals surface area contributed by atoms with E-state index >= 15 is 0 Å². The monoisotopic (exact) mass is 251 g/mol. The molecule has 0 heterocycles. The van der Waals surface area contributed by atoms with Crippen LogP contribution in [0, 0.1) is 11.8 Å². The summed E-state index contributed by atoms with van der Waals surface area (Å²) in [5, 5.41) is 3.30. The molecule has 1 amide bonds. The van der Waals surface area contributed by atoms with Crippen molar-refractivity contribution in [3.05, 3.63) is 0 Å². The van der Waals surface area contributed by atoms with Crippen LogP contribution in [-0.2, 0) is 4.79 Å². The highest BCUT2D eigenvalue weighted by atomic mass is 16.1. The summed E-state index contributed by atoms with van der Waals surface area (Å²) in [6.07, 6.45) is 13.8. The quantitative estimate of drug-likeness (QED) is 0.802. The fourth-order valence-corrected chi connectivity index (χ4v) is 3.71. The predicted molar refractivity (Wildman–Crippen MR) is 75.4 cm³/mol. The Kier molecular flexibility index (Phi) is 5.52. The van der Waals surface area contributed by atoms with Crippen LogP contribution in [0.2, 0.25) is 0 Å². The number of rotatable bonds is 4. The highest BCUT2D eigenvalue weighted by Crippen LogP contribution is 2.35. The van der Waals surface area contributed by atoms with Crippen LogP contribution in [0.5, 0.6) is 0 Å². The first-order valence-electron chi connectivity index (χ1n) is 8.07. The molecule has 2 heteroatoms. The van der Waals surface area contributed by atoms with Crippen LogP contribution in [0.25, 0.3) is 0 Å². The molecule has 2 saturated carbocycles. The summed E-state index contributed by atoms with van der Waals surface area (Å²) in [4.78, 5) is 11.8. The molecule has 1 N–H and O–H groups in total. The average molecular weight is 251 g/mol. The van der Waals surface area contributed by atoms with Crippen molar-refractivity contribution in [3.63, 3.8) is 0 Å². The van der Waals surface area contributed by atoms with Gasteiger partial charge in [0.15, 0.2) is 0 Å². The van der Waals surface area contributed by atoms with Gasteiger partial charge in [-0.05, 0) is 37.5 Å². The number of unbranched alkanes of at least 4 members (excludes halogenated alkanes) is 1. The minimum atomic E-state index is 0.289. The van der Waals surface area contributed by atoms with E-state index in [2.05, 4.69) is 12.2 Å². The van der Waals surface area contributed by atoms with Gasteiger partial charge in [0.25, 0.3) is 0 Å². The molecule has 0 aromatic rings. The smallest absolute Gasteiger partial charge is 0.220 e. The van der Waals surface area contributed by atoms with Gasteiger partial charge in [-0.25, -0.2) is 0 Å². The Labute approximate surface area is 112 Å². The molecule has 0 spiro atoms. The second-order valence-electron chi connectivity index (χ2n) is 6.42. The number of hydrogen-bond donors (Lipinski definition) is 1. The van der Waals surface area contributed by atoms with E-state index in [1.165, 1.54) is 51.4 Å². The van der Waals surface area contributed by atoms with E-state index in [0.717, 1.165) is 31.1 Å². The fourth-order valence-electron chi connectivity index (χ4n) is 3.71. The van der Waals surface area contributed by atoms with Crippen molar-refractivity contribution < 1.29 is 4.79 Å². The van der Waals surface area contributed by atoms with Gasteiger partial charge in [0, 0.05) is 12.5 Å². The highest BCUT2D eigenvalue weighted by Gasteiger charge is 2.26. The van der Waals surface area contributed by atoms with Crippen LogP contribution in [0.3, 0.4) is 0 Å². The fraction of sp³-hybridized carbons (Fsp3) is 0.938. The number of fused-ring (bicyclic) bond motifs is 3. The van der Waals surface area contributed by atoms with Gasteiger partial charge in [0.2, 0.25) is 5.91 Å². The molecular formula is C16H29NO. The Bertz CT molecular complexity index is 264. The molecule has 0 aliphatic heterocycles. The van der Waals surface area contributed by atoms with Crippen molar-refractivity contribution in [1.29, 1.82) is 0 Å². The first kappa shape index (κ1) is 13.9. The Balaban J connectivity index is 1.82. The summed E-state index contributed by atoms with van der Waals surface area (Å²) in [6.45, 7) is 2.15. The van der Waals surface area contributed by atoms with Crippen molar-refractivity contribution in [3.8, 4) is 0 Å². The van der Waals surface area contributed by atoms with Crippen LogP contribution < -0.4 is 5.32 Å². The second-order valence-corrected chi connectivity index (χ2v) is 6.42. The zero-order valence-corrected chi connectivity index (χ0v) is 11.9. The Morgan fingerprint density at radius 3 is 2.61 bits per heavy atom. The maximum Gasteiger partial charge on any atom is 0.220 e. The number of hydrogen-bond acceptors (Lipinski definition) is 1. The summed E-state index contributed by atoms with van der Waals surface area (Å²) in [5.41, 5.74) is 0. The SMILES string of the molecule is CCCCC(=O)NC1CCC2CCCC(CC2)C1. The molecule has 2 rings (SSSR count). The van der Waals surface area contributed by atoms with Crippen molar-refractivity contribution in [1.82, 2.24) is 5.32 Å². The number of amides is 1. The van der Waals surface area contributed by atoms with Crippen molar-refractivity contribution >= 4 is 5.91 Å². The lowest BCUT2D eigenvalue weighted by atomic mass is 9.85. The molecule has 0 saturated heterocycles. The molecule has 2 aliphatic carbocycles. The van der Waals surface area contributed by atoms with Gasteiger partial charge in [-0.1, -0.05) is 45.4 Å². The molecule has 0 radical (unpaired) electrons. The zero-order valence-electron chi connectivity index (χ0n) is 11.9. The summed E-state index contributed by atoms with van der Waals surface area (Å²) < 4.78 is 0. The second kappa shape index (κ2) is 7.16. The Morgan fingerprint density at radius 1 is 1.06 bits per heavy atom. The third-order valence-electron chi connectivity index (χ3n) is 4.87. The summed E-state index contributed by atoms with van der Waals surface area (Å²) in [5.74, 6) is 2.12. The summed E-state index contributed by atoms with van der Waals surface area (Å²) >= 11 is 0. The van der Waals surface area contributed by atoms with Gasteiger partial charge < -0.3 is 5.32 Å². The Morgan fingerprint density at radius 2 is 1.78 bits per heavy atom. The number of carbonyl (C=O) groups is 1. The minimum absolute atomic E-state index is 0.289. The van der Waals surface area contributed by atoms with Crippen molar-refractivity contribution in [2.45, 2.75) is 83.6 Å². The van der Waals surface area contributed by atoms with Crippen molar-refractivity contribution in [2.24, 2.45) is 11.8 Å². The molecule has 104 valence electrons. The minimum Gasteiger partial charge on any atom is -0.353 e. The first-order chi connectivity index (χ1) is 8.78. The maximum atomic E-state index is 11.8. The molecule has 2 aliphatic rings. The van der Waals surface area contributed by atoms with Crippen molar-refractivity contribution in [2.75, 3.05) is 0 Å². The standard InChI is InChI=1S/C16H29NO/c1-2-3-7-16(18)17-15-11-10-13-5-4-6-14(12-15)9-8-13/h13-15H,2-12H2,1H3,(H,17,18). The lowest BCUT2D eigenvalue weighted by Gasteiger charge is -2.27. The van der Waals surface area contributed by atoms with Gasteiger partial charge in [-0.2, -0.15) is 0 Å². The molecule has 18 heavy (non-hydrogen) atoms. The molecule has 3 unspecified atom stereocenters. The van der Waals surface area contributed by atoms with E-state index in [0.29, 0.717) is 6.04 Å². The zero-order chi connectivity index (χ0) is 12.8. The molecule has 3 atom stereocenters. The van der Waals surface area contributed by atoms with E-state index in [9.17, 15) is 4.79 Å². The van der Waals surface area contributed by atoms with Crippen LogP contribution >= 0.6 is 0 Å². The van der Waals surface area contributed by atoms with E-state index in [1.807, 2.05) is 0 Å². The van der Waals surface area contributed by atoms with Gasteiger partial charge in [-0.3, -0.25) is 4.79 Å². The molecule has 2 bridgehead atoms. The molecule has 0 aromatic heterocycles.